The summed E-state index contributed by atoms with van der Waals surface area (Å²) in [5.41, 5.74) is 7.96. The quantitative estimate of drug-likeness (QED) is 0.757. The van der Waals surface area contributed by atoms with Crippen LogP contribution in [-0.2, 0) is 6.54 Å². The smallest absolute Gasteiger partial charge is 0.152 e. The molecule has 5 nitrogen and oxygen atoms in total. The van der Waals surface area contributed by atoms with E-state index in [-0.39, 0.29) is 0 Å². The van der Waals surface area contributed by atoms with Gasteiger partial charge in [0.25, 0.3) is 0 Å². The van der Waals surface area contributed by atoms with E-state index in [9.17, 15) is 5.11 Å². The molecular weight excluding hydrogens is 264 g/mol. The van der Waals surface area contributed by atoms with Gasteiger partial charge in [0.2, 0.25) is 0 Å². The van der Waals surface area contributed by atoms with Gasteiger partial charge in [0, 0.05) is 5.39 Å². The third-order valence-electron chi connectivity index (χ3n) is 4.48. The number of fused-ring (bicyclic) bond motifs is 3. The van der Waals surface area contributed by atoms with Crippen molar-refractivity contribution in [3.8, 4) is 0 Å². The molecule has 108 valence electrons. The van der Waals surface area contributed by atoms with Gasteiger partial charge in [-0.15, -0.1) is 0 Å². The van der Waals surface area contributed by atoms with E-state index in [2.05, 4.69) is 9.97 Å². The minimum absolute atomic E-state index is 0.445. The fraction of sp³-hybridized carbons (Fsp3) is 0.375. The first-order chi connectivity index (χ1) is 10.2. The topological polar surface area (TPSA) is 77.0 Å². The molecule has 3 aromatic rings. The van der Waals surface area contributed by atoms with Crippen molar-refractivity contribution in [1.82, 2.24) is 14.5 Å². The van der Waals surface area contributed by atoms with Gasteiger partial charge in [-0.1, -0.05) is 31.0 Å². The first kappa shape index (κ1) is 12.6. The number of nitrogen functional groups attached to an aromatic ring is 1. The Balaban J connectivity index is 1.93. The Morgan fingerprint density at radius 1 is 1.24 bits per heavy atom. The summed E-state index contributed by atoms with van der Waals surface area (Å²) in [7, 11) is 0. The van der Waals surface area contributed by atoms with Crippen molar-refractivity contribution in [3.05, 3.63) is 30.6 Å². The van der Waals surface area contributed by atoms with Crippen molar-refractivity contribution in [3.63, 3.8) is 0 Å². The Morgan fingerprint density at radius 3 is 2.81 bits per heavy atom. The van der Waals surface area contributed by atoms with Crippen LogP contribution in [0.2, 0.25) is 0 Å². The number of pyridine rings is 1. The highest BCUT2D eigenvalue weighted by Crippen LogP contribution is 2.33. The Kier molecular flexibility index (Phi) is 2.65. The summed E-state index contributed by atoms with van der Waals surface area (Å²) in [5.74, 6) is 0.445. The van der Waals surface area contributed by atoms with Crippen molar-refractivity contribution < 1.29 is 5.11 Å². The number of para-hydroxylation sites is 1. The third-order valence-corrected chi connectivity index (χ3v) is 4.48. The van der Waals surface area contributed by atoms with Crippen LogP contribution in [0.15, 0.2) is 30.6 Å². The fourth-order valence-corrected chi connectivity index (χ4v) is 3.43. The highest BCUT2D eigenvalue weighted by atomic mass is 16.3. The summed E-state index contributed by atoms with van der Waals surface area (Å²) in [4.78, 5) is 8.81. The van der Waals surface area contributed by atoms with E-state index in [1.807, 2.05) is 28.8 Å². The SMILES string of the molecule is Nc1nc2ccccc2c2c1ncn2CC1(O)CCCC1. The molecule has 4 rings (SSSR count). The molecule has 21 heavy (non-hydrogen) atoms. The lowest BCUT2D eigenvalue weighted by atomic mass is 10.0. The van der Waals surface area contributed by atoms with Crippen LogP contribution in [0.4, 0.5) is 5.82 Å². The Hall–Kier alpha value is -2.14. The molecule has 5 heteroatoms. The second-order valence-corrected chi connectivity index (χ2v) is 6.02. The van der Waals surface area contributed by atoms with Crippen LogP contribution in [0.3, 0.4) is 0 Å². The van der Waals surface area contributed by atoms with E-state index in [0.717, 1.165) is 47.6 Å². The molecule has 0 atom stereocenters. The molecule has 0 spiro atoms. The van der Waals surface area contributed by atoms with Crippen LogP contribution in [0, 0.1) is 0 Å². The number of anilines is 1. The van der Waals surface area contributed by atoms with Gasteiger partial charge in [-0.25, -0.2) is 9.97 Å². The lowest BCUT2D eigenvalue weighted by Crippen LogP contribution is -2.30. The molecular formula is C16H18N4O. The van der Waals surface area contributed by atoms with Gasteiger partial charge in [0.1, 0.15) is 5.52 Å². The Bertz CT molecular complexity index is 818. The van der Waals surface area contributed by atoms with Crippen LogP contribution < -0.4 is 5.73 Å². The van der Waals surface area contributed by atoms with Crippen molar-refractivity contribution in [1.29, 1.82) is 0 Å². The van der Waals surface area contributed by atoms with Crippen molar-refractivity contribution >= 4 is 27.8 Å². The normalized spacial score (nSPS) is 17.8. The number of imidazole rings is 1. The average molecular weight is 282 g/mol. The zero-order valence-corrected chi connectivity index (χ0v) is 11.8. The molecule has 2 heterocycles. The van der Waals surface area contributed by atoms with Gasteiger partial charge in [-0.2, -0.15) is 0 Å². The summed E-state index contributed by atoms with van der Waals surface area (Å²) < 4.78 is 2.03. The average Bonchev–Trinajstić information content (AvgIpc) is 3.07. The monoisotopic (exact) mass is 282 g/mol. The molecule has 1 fully saturated rings. The van der Waals surface area contributed by atoms with E-state index < -0.39 is 5.60 Å². The van der Waals surface area contributed by atoms with E-state index in [0.29, 0.717) is 12.4 Å². The van der Waals surface area contributed by atoms with Crippen molar-refractivity contribution in [2.24, 2.45) is 0 Å². The predicted octanol–water partition coefficient (Wildman–Crippen LogP) is 2.47. The van der Waals surface area contributed by atoms with Gasteiger partial charge in [-0.05, 0) is 18.9 Å². The van der Waals surface area contributed by atoms with Crippen LogP contribution in [0.5, 0.6) is 0 Å². The molecule has 1 saturated carbocycles. The van der Waals surface area contributed by atoms with Gasteiger partial charge in [0.15, 0.2) is 5.82 Å². The summed E-state index contributed by atoms with van der Waals surface area (Å²) in [6, 6.07) is 7.92. The summed E-state index contributed by atoms with van der Waals surface area (Å²) in [5, 5.41) is 11.7. The number of rotatable bonds is 2. The number of nitrogens with two attached hydrogens (primary N) is 1. The summed E-state index contributed by atoms with van der Waals surface area (Å²) in [6.07, 6.45) is 5.66. The highest BCUT2D eigenvalue weighted by molar-refractivity contribution is 6.06. The molecule has 1 aliphatic carbocycles. The van der Waals surface area contributed by atoms with Crippen molar-refractivity contribution in [2.75, 3.05) is 5.73 Å². The van der Waals surface area contributed by atoms with Gasteiger partial charge in [-0.3, -0.25) is 0 Å². The van der Waals surface area contributed by atoms with E-state index >= 15 is 0 Å². The van der Waals surface area contributed by atoms with E-state index in [1.54, 1.807) is 6.33 Å². The predicted molar refractivity (Wildman–Crippen MR) is 82.9 cm³/mol. The second-order valence-electron chi connectivity index (χ2n) is 6.02. The number of aliphatic hydroxyl groups is 1. The lowest BCUT2D eigenvalue weighted by Gasteiger charge is -2.23. The zero-order chi connectivity index (χ0) is 14.4. The molecule has 0 radical (unpaired) electrons. The van der Waals surface area contributed by atoms with E-state index in [4.69, 9.17) is 5.73 Å². The molecule has 0 saturated heterocycles. The summed E-state index contributed by atoms with van der Waals surface area (Å²) in [6.45, 7) is 0.566. The van der Waals surface area contributed by atoms with E-state index in [1.165, 1.54) is 0 Å². The molecule has 0 unspecified atom stereocenters. The standard InChI is InChI=1S/C16H18N4O/c17-15-13-14(11-5-1-2-6-12(11)19-15)20(10-18-13)9-16(21)7-3-4-8-16/h1-2,5-6,10,21H,3-4,7-9H2,(H2,17,19). The molecule has 1 aromatic carbocycles. The number of aromatic nitrogens is 3. The summed E-state index contributed by atoms with van der Waals surface area (Å²) >= 11 is 0. The lowest BCUT2D eigenvalue weighted by molar-refractivity contribution is 0.0310. The molecule has 0 bridgehead atoms. The largest absolute Gasteiger partial charge is 0.388 e. The number of hydrogen-bond donors (Lipinski definition) is 2. The second kappa shape index (κ2) is 4.43. The van der Waals surface area contributed by atoms with Crippen LogP contribution >= 0.6 is 0 Å². The van der Waals surface area contributed by atoms with Gasteiger partial charge < -0.3 is 15.4 Å². The molecule has 1 aliphatic rings. The molecule has 0 aliphatic heterocycles. The fourth-order valence-electron chi connectivity index (χ4n) is 3.43. The van der Waals surface area contributed by atoms with Gasteiger partial charge in [0.05, 0.1) is 29.5 Å². The first-order valence-electron chi connectivity index (χ1n) is 7.38. The molecule has 2 aromatic heterocycles. The maximum Gasteiger partial charge on any atom is 0.152 e. The first-order valence-corrected chi connectivity index (χ1v) is 7.38. The third kappa shape index (κ3) is 1.96. The number of hydrogen-bond acceptors (Lipinski definition) is 4. The minimum atomic E-state index is -0.618. The molecule has 3 N–H and O–H groups in total. The zero-order valence-electron chi connectivity index (χ0n) is 11.8. The van der Waals surface area contributed by atoms with Crippen LogP contribution in [0.1, 0.15) is 25.7 Å². The minimum Gasteiger partial charge on any atom is -0.388 e. The maximum absolute atomic E-state index is 10.7. The maximum atomic E-state index is 10.7. The molecule has 0 amide bonds. The Labute approximate surface area is 122 Å². The highest BCUT2D eigenvalue weighted by Gasteiger charge is 2.32. The van der Waals surface area contributed by atoms with Crippen LogP contribution in [-0.4, -0.2) is 25.2 Å². The number of nitrogens with zero attached hydrogens (tertiary/aromatic N) is 3. The van der Waals surface area contributed by atoms with Crippen LogP contribution in [0.25, 0.3) is 21.9 Å². The number of benzene rings is 1. The Morgan fingerprint density at radius 2 is 2.00 bits per heavy atom. The van der Waals surface area contributed by atoms with Crippen molar-refractivity contribution in [2.45, 2.75) is 37.8 Å². The van der Waals surface area contributed by atoms with Gasteiger partial charge >= 0.3 is 0 Å².